The van der Waals surface area contributed by atoms with E-state index in [4.69, 9.17) is 9.47 Å². The molecule has 0 atom stereocenters. The zero-order valence-electron chi connectivity index (χ0n) is 11.4. The van der Waals surface area contributed by atoms with Crippen molar-refractivity contribution >= 4 is 0 Å². The summed E-state index contributed by atoms with van der Waals surface area (Å²) < 4.78 is 10.6. The van der Waals surface area contributed by atoms with Crippen molar-refractivity contribution in [3.63, 3.8) is 0 Å². The third-order valence-electron chi connectivity index (χ3n) is 4.13. The molecule has 19 heavy (non-hydrogen) atoms. The van der Waals surface area contributed by atoms with Gasteiger partial charge in [-0.1, -0.05) is 13.3 Å². The van der Waals surface area contributed by atoms with Gasteiger partial charge in [-0.3, -0.25) is 0 Å². The molecule has 2 N–H and O–H groups in total. The van der Waals surface area contributed by atoms with Crippen LogP contribution in [-0.2, 0) is 6.54 Å². The van der Waals surface area contributed by atoms with Gasteiger partial charge in [-0.05, 0) is 30.7 Å². The van der Waals surface area contributed by atoms with E-state index >= 15 is 0 Å². The number of nitrogens with one attached hydrogen (secondary N) is 1. The van der Waals surface area contributed by atoms with Crippen LogP contribution in [0.3, 0.4) is 0 Å². The first-order chi connectivity index (χ1) is 9.22. The topological polar surface area (TPSA) is 50.7 Å². The number of phenolic OH excluding ortho intramolecular Hbond substituents is 1. The molecule has 0 amide bonds. The van der Waals surface area contributed by atoms with Crippen molar-refractivity contribution in [2.45, 2.75) is 39.2 Å². The first-order valence-corrected chi connectivity index (χ1v) is 7.05. The van der Waals surface area contributed by atoms with Gasteiger partial charge in [0.05, 0.1) is 0 Å². The maximum Gasteiger partial charge on any atom is 0.231 e. The van der Waals surface area contributed by atoms with Crippen molar-refractivity contribution < 1.29 is 14.6 Å². The van der Waals surface area contributed by atoms with Crippen molar-refractivity contribution in [1.29, 1.82) is 0 Å². The lowest BCUT2D eigenvalue weighted by Gasteiger charge is -2.15. The Kier molecular flexibility index (Phi) is 3.27. The molecule has 1 fully saturated rings. The summed E-state index contributed by atoms with van der Waals surface area (Å²) in [5.74, 6) is 1.63. The third-order valence-corrected chi connectivity index (χ3v) is 4.13. The van der Waals surface area contributed by atoms with Crippen LogP contribution in [-0.4, -0.2) is 18.4 Å². The van der Waals surface area contributed by atoms with Crippen molar-refractivity contribution in [3.05, 3.63) is 17.7 Å². The average molecular weight is 263 g/mol. The molecule has 4 nitrogen and oxygen atoms in total. The summed E-state index contributed by atoms with van der Waals surface area (Å²) in [5.41, 5.74) is 1.40. The summed E-state index contributed by atoms with van der Waals surface area (Å²) in [5, 5.41) is 13.4. The molecule has 1 aromatic rings. The quantitative estimate of drug-likeness (QED) is 0.828. The molecule has 1 aliphatic heterocycles. The van der Waals surface area contributed by atoms with Gasteiger partial charge in [-0.25, -0.2) is 0 Å². The second kappa shape index (κ2) is 4.93. The second-order valence-electron chi connectivity index (χ2n) is 5.69. The Labute approximate surface area is 113 Å². The molecule has 1 saturated carbocycles. The van der Waals surface area contributed by atoms with Crippen LogP contribution in [0.5, 0.6) is 17.2 Å². The molecule has 4 heteroatoms. The normalized spacial score (nSPS) is 18.6. The minimum absolute atomic E-state index is 0.241. The van der Waals surface area contributed by atoms with Gasteiger partial charge in [-0.2, -0.15) is 0 Å². The molecule has 0 unspecified atom stereocenters. The molecule has 2 aliphatic rings. The molecule has 0 saturated heterocycles. The lowest BCUT2D eigenvalue weighted by molar-refractivity contribution is 0.174. The minimum Gasteiger partial charge on any atom is -0.507 e. The lowest BCUT2D eigenvalue weighted by atomic mass is 10.0. The summed E-state index contributed by atoms with van der Waals surface area (Å²) in [4.78, 5) is 0. The molecule has 0 radical (unpaired) electrons. The molecule has 104 valence electrons. The molecular weight excluding hydrogens is 242 g/mol. The highest BCUT2D eigenvalue weighted by atomic mass is 16.7. The van der Waals surface area contributed by atoms with Crippen LogP contribution in [0.4, 0.5) is 0 Å². The summed E-state index contributed by atoms with van der Waals surface area (Å²) >= 11 is 0. The van der Waals surface area contributed by atoms with Crippen LogP contribution >= 0.6 is 0 Å². The summed E-state index contributed by atoms with van der Waals surface area (Å²) in [6.07, 6.45) is 5.21. The fraction of sp³-hybridized carbons (Fsp3) is 0.600. The number of phenols is 1. The highest BCUT2D eigenvalue weighted by Gasteiger charge is 2.40. The maximum absolute atomic E-state index is 9.95. The minimum atomic E-state index is 0.241. The number of benzene rings is 1. The molecule has 1 aromatic carbocycles. The SMILES string of the molecule is CCCC1(CNCc2cc3c(cc2O)OCO3)CC1. The molecule has 3 rings (SSSR count). The van der Waals surface area contributed by atoms with Gasteiger partial charge in [0, 0.05) is 24.7 Å². The van der Waals surface area contributed by atoms with Gasteiger partial charge in [0.15, 0.2) is 11.5 Å². The fourth-order valence-electron chi connectivity index (χ4n) is 2.80. The van der Waals surface area contributed by atoms with E-state index in [9.17, 15) is 5.11 Å². The van der Waals surface area contributed by atoms with E-state index in [0.29, 0.717) is 17.7 Å². The predicted octanol–water partition coefficient (Wildman–Crippen LogP) is 2.79. The summed E-state index contributed by atoms with van der Waals surface area (Å²) in [7, 11) is 0. The van der Waals surface area contributed by atoms with Gasteiger partial charge in [0.25, 0.3) is 0 Å². The van der Waals surface area contributed by atoms with E-state index < -0.39 is 0 Å². The molecule has 0 bridgehead atoms. The highest BCUT2D eigenvalue weighted by molar-refractivity contribution is 5.51. The molecule has 0 spiro atoms. The average Bonchev–Trinajstić information content (AvgIpc) is 2.99. The van der Waals surface area contributed by atoms with Crippen molar-refractivity contribution in [3.8, 4) is 17.2 Å². The van der Waals surface area contributed by atoms with Gasteiger partial charge in [-0.15, -0.1) is 0 Å². The Hall–Kier alpha value is -1.42. The van der Waals surface area contributed by atoms with E-state index in [2.05, 4.69) is 12.2 Å². The Morgan fingerprint density at radius 2 is 2.00 bits per heavy atom. The largest absolute Gasteiger partial charge is 0.507 e. The number of hydrogen-bond donors (Lipinski definition) is 2. The van der Waals surface area contributed by atoms with E-state index in [1.165, 1.54) is 25.7 Å². The lowest BCUT2D eigenvalue weighted by Crippen LogP contribution is -2.23. The summed E-state index contributed by atoms with van der Waals surface area (Å²) in [6, 6.07) is 3.50. The van der Waals surface area contributed by atoms with Crippen LogP contribution in [0.2, 0.25) is 0 Å². The van der Waals surface area contributed by atoms with Gasteiger partial charge in [0.1, 0.15) is 5.75 Å². The predicted molar refractivity (Wildman–Crippen MR) is 72.5 cm³/mol. The standard InChI is InChI=1S/C15H21NO3/c1-2-3-15(4-5-15)9-16-8-11-6-13-14(7-12(11)17)19-10-18-13/h6-7,16-17H,2-5,8-10H2,1H3. The number of fused-ring (bicyclic) bond motifs is 1. The zero-order valence-corrected chi connectivity index (χ0v) is 11.4. The van der Waals surface area contributed by atoms with Gasteiger partial charge in [0.2, 0.25) is 6.79 Å². The molecule has 0 aromatic heterocycles. The Morgan fingerprint density at radius 1 is 1.26 bits per heavy atom. The van der Waals surface area contributed by atoms with Crippen LogP contribution in [0.15, 0.2) is 12.1 Å². The molecule has 1 heterocycles. The van der Waals surface area contributed by atoms with E-state index in [1.54, 1.807) is 6.07 Å². The molecular formula is C15H21NO3. The van der Waals surface area contributed by atoms with Gasteiger partial charge >= 0.3 is 0 Å². The van der Waals surface area contributed by atoms with Crippen LogP contribution in [0.25, 0.3) is 0 Å². The zero-order chi connectivity index (χ0) is 13.3. The first kappa shape index (κ1) is 12.6. The maximum atomic E-state index is 9.95. The fourth-order valence-corrected chi connectivity index (χ4v) is 2.80. The van der Waals surface area contributed by atoms with Crippen LogP contribution < -0.4 is 14.8 Å². The van der Waals surface area contributed by atoms with Crippen LogP contribution in [0.1, 0.15) is 38.2 Å². The first-order valence-electron chi connectivity index (χ1n) is 7.05. The number of hydrogen-bond acceptors (Lipinski definition) is 4. The van der Waals surface area contributed by atoms with E-state index in [1.807, 2.05) is 6.07 Å². The van der Waals surface area contributed by atoms with E-state index in [0.717, 1.165) is 17.9 Å². The Bertz CT molecular complexity index is 469. The highest BCUT2D eigenvalue weighted by Crippen LogP contribution is 2.49. The second-order valence-corrected chi connectivity index (χ2v) is 5.69. The molecule has 1 aliphatic carbocycles. The van der Waals surface area contributed by atoms with Crippen molar-refractivity contribution in [2.24, 2.45) is 5.41 Å². The van der Waals surface area contributed by atoms with Crippen LogP contribution in [0, 0.1) is 5.41 Å². The smallest absolute Gasteiger partial charge is 0.231 e. The third kappa shape index (κ3) is 2.63. The monoisotopic (exact) mass is 263 g/mol. The number of ether oxygens (including phenoxy) is 2. The Morgan fingerprint density at radius 3 is 2.68 bits per heavy atom. The van der Waals surface area contributed by atoms with Gasteiger partial charge < -0.3 is 19.9 Å². The van der Waals surface area contributed by atoms with E-state index in [-0.39, 0.29) is 12.5 Å². The number of aromatic hydroxyl groups is 1. The summed E-state index contributed by atoms with van der Waals surface area (Å²) in [6.45, 7) is 4.19. The van der Waals surface area contributed by atoms with Crippen molar-refractivity contribution in [1.82, 2.24) is 5.32 Å². The number of rotatable bonds is 6. The Balaban J connectivity index is 1.58. The van der Waals surface area contributed by atoms with Crippen molar-refractivity contribution in [2.75, 3.05) is 13.3 Å².